The number of rotatable bonds is 4. The van der Waals surface area contributed by atoms with Gasteiger partial charge in [0, 0.05) is 39.8 Å². The average Bonchev–Trinajstić information content (AvgIpc) is 3.01. The molecule has 1 heterocycles. The van der Waals surface area contributed by atoms with Gasteiger partial charge in [0.05, 0.1) is 6.33 Å². The molecule has 0 aliphatic rings. The van der Waals surface area contributed by atoms with Crippen molar-refractivity contribution in [3.8, 4) is 5.69 Å². The van der Waals surface area contributed by atoms with Gasteiger partial charge in [-0.1, -0.05) is 39.7 Å². The summed E-state index contributed by atoms with van der Waals surface area (Å²) < 4.78 is 2.98. The van der Waals surface area contributed by atoms with Crippen molar-refractivity contribution in [1.29, 1.82) is 0 Å². The molecule has 2 aromatic carbocycles. The van der Waals surface area contributed by atoms with E-state index in [0.29, 0.717) is 0 Å². The Morgan fingerprint density at radius 1 is 1.19 bits per heavy atom. The fourth-order valence-electron chi connectivity index (χ4n) is 2.05. The maximum atomic E-state index is 5.95. The van der Waals surface area contributed by atoms with Crippen LogP contribution in [0.15, 0.2) is 65.7 Å². The first-order valence-corrected chi connectivity index (χ1v) is 7.66. The highest BCUT2D eigenvalue weighted by Crippen LogP contribution is 2.23. The van der Waals surface area contributed by atoms with E-state index >= 15 is 0 Å². The Hall–Kier alpha value is -1.78. The lowest BCUT2D eigenvalue weighted by molar-refractivity contribution is 1.05. The molecule has 0 saturated heterocycles. The molecule has 0 saturated carbocycles. The number of nitrogens with zero attached hydrogens (tertiary/aromatic N) is 2. The van der Waals surface area contributed by atoms with Crippen LogP contribution in [0.1, 0.15) is 5.56 Å². The molecule has 3 nitrogen and oxygen atoms in total. The molecule has 3 aromatic rings. The molecule has 0 unspecified atom stereocenters. The maximum Gasteiger partial charge on any atom is 0.0991 e. The molecular formula is C16H13BrClN3. The SMILES string of the molecule is Clc1ccc(CNc2cccc(-n3ccnc3)c2)c(Br)c1. The predicted molar refractivity (Wildman–Crippen MR) is 90.0 cm³/mol. The number of nitrogens with one attached hydrogen (secondary N) is 1. The molecule has 1 aromatic heterocycles. The maximum absolute atomic E-state index is 5.95. The first kappa shape index (κ1) is 14.2. The zero-order valence-electron chi connectivity index (χ0n) is 11.1. The molecule has 5 heteroatoms. The zero-order valence-corrected chi connectivity index (χ0v) is 13.5. The third kappa shape index (κ3) is 3.46. The standard InChI is InChI=1S/C16H13BrClN3/c17-16-8-13(18)5-4-12(16)10-20-14-2-1-3-15(9-14)21-7-6-19-11-21/h1-9,11,20H,10H2. The van der Waals surface area contributed by atoms with Crippen LogP contribution in [0.2, 0.25) is 5.02 Å². The van der Waals surface area contributed by atoms with Crippen molar-refractivity contribution < 1.29 is 0 Å². The summed E-state index contributed by atoms with van der Waals surface area (Å²) in [4.78, 5) is 4.07. The van der Waals surface area contributed by atoms with Gasteiger partial charge in [-0.3, -0.25) is 0 Å². The fraction of sp³-hybridized carbons (Fsp3) is 0.0625. The normalized spacial score (nSPS) is 10.6. The van der Waals surface area contributed by atoms with Gasteiger partial charge in [0.1, 0.15) is 0 Å². The van der Waals surface area contributed by atoms with Crippen LogP contribution in [0.5, 0.6) is 0 Å². The molecule has 0 atom stereocenters. The van der Waals surface area contributed by atoms with E-state index in [-0.39, 0.29) is 0 Å². The van der Waals surface area contributed by atoms with Crippen LogP contribution in [0.25, 0.3) is 5.69 Å². The molecule has 3 rings (SSSR count). The number of halogens is 2. The van der Waals surface area contributed by atoms with Crippen molar-refractivity contribution >= 4 is 33.2 Å². The quantitative estimate of drug-likeness (QED) is 0.715. The van der Waals surface area contributed by atoms with Crippen molar-refractivity contribution in [1.82, 2.24) is 9.55 Å². The summed E-state index contributed by atoms with van der Waals surface area (Å²) in [7, 11) is 0. The molecule has 21 heavy (non-hydrogen) atoms. The molecule has 0 spiro atoms. The number of imidazole rings is 1. The first-order chi connectivity index (χ1) is 10.2. The van der Waals surface area contributed by atoms with Crippen LogP contribution in [-0.4, -0.2) is 9.55 Å². The number of hydrogen-bond donors (Lipinski definition) is 1. The lowest BCUT2D eigenvalue weighted by Gasteiger charge is -2.10. The van der Waals surface area contributed by atoms with Gasteiger partial charge in [-0.25, -0.2) is 4.98 Å². The third-order valence-electron chi connectivity index (χ3n) is 3.15. The molecule has 106 valence electrons. The highest BCUT2D eigenvalue weighted by molar-refractivity contribution is 9.10. The van der Waals surface area contributed by atoms with E-state index in [0.717, 1.165) is 33.0 Å². The molecular weight excluding hydrogens is 350 g/mol. The molecule has 0 amide bonds. The Kier molecular flexibility index (Phi) is 4.27. The first-order valence-electron chi connectivity index (χ1n) is 6.48. The number of hydrogen-bond acceptors (Lipinski definition) is 2. The summed E-state index contributed by atoms with van der Waals surface area (Å²) in [5, 5.41) is 4.15. The zero-order chi connectivity index (χ0) is 14.7. The van der Waals surface area contributed by atoms with Gasteiger partial charge in [-0.05, 0) is 35.9 Å². The van der Waals surface area contributed by atoms with Crippen LogP contribution in [0.4, 0.5) is 5.69 Å². The molecule has 0 radical (unpaired) electrons. The summed E-state index contributed by atoms with van der Waals surface area (Å²) in [5.41, 5.74) is 3.29. The Morgan fingerprint density at radius 3 is 2.86 bits per heavy atom. The highest BCUT2D eigenvalue weighted by Gasteiger charge is 2.02. The highest BCUT2D eigenvalue weighted by atomic mass is 79.9. The van der Waals surface area contributed by atoms with Crippen LogP contribution in [0, 0.1) is 0 Å². The van der Waals surface area contributed by atoms with Gasteiger partial charge in [0.15, 0.2) is 0 Å². The van der Waals surface area contributed by atoms with E-state index in [1.54, 1.807) is 12.5 Å². The van der Waals surface area contributed by atoms with Crippen molar-refractivity contribution in [3.63, 3.8) is 0 Å². The van der Waals surface area contributed by atoms with Gasteiger partial charge in [0.25, 0.3) is 0 Å². The van der Waals surface area contributed by atoms with Gasteiger partial charge < -0.3 is 9.88 Å². The second-order valence-electron chi connectivity index (χ2n) is 4.61. The molecule has 1 N–H and O–H groups in total. The minimum Gasteiger partial charge on any atom is -0.381 e. The number of benzene rings is 2. The van der Waals surface area contributed by atoms with E-state index in [1.165, 1.54) is 0 Å². The van der Waals surface area contributed by atoms with E-state index in [1.807, 2.05) is 47.2 Å². The lowest BCUT2D eigenvalue weighted by atomic mass is 10.2. The summed E-state index contributed by atoms with van der Waals surface area (Å²) in [6.45, 7) is 0.727. The van der Waals surface area contributed by atoms with E-state index in [2.05, 4.69) is 32.3 Å². The van der Waals surface area contributed by atoms with Crippen molar-refractivity contribution in [3.05, 3.63) is 76.2 Å². The Morgan fingerprint density at radius 2 is 2.10 bits per heavy atom. The summed E-state index contributed by atoms with van der Waals surface area (Å²) >= 11 is 9.48. The molecule has 0 bridgehead atoms. The molecule has 0 fully saturated rings. The topological polar surface area (TPSA) is 29.9 Å². The summed E-state index contributed by atoms with van der Waals surface area (Å²) in [6, 6.07) is 14.0. The van der Waals surface area contributed by atoms with Crippen molar-refractivity contribution in [2.24, 2.45) is 0 Å². The molecule has 0 aliphatic carbocycles. The summed E-state index contributed by atoms with van der Waals surface area (Å²) in [5.74, 6) is 0. The number of aromatic nitrogens is 2. The number of anilines is 1. The van der Waals surface area contributed by atoms with Gasteiger partial charge in [-0.15, -0.1) is 0 Å². The largest absolute Gasteiger partial charge is 0.381 e. The van der Waals surface area contributed by atoms with E-state index in [4.69, 9.17) is 11.6 Å². The Labute approximate surface area is 136 Å². The van der Waals surface area contributed by atoms with Crippen LogP contribution >= 0.6 is 27.5 Å². The predicted octanol–water partition coefficient (Wildman–Crippen LogP) is 4.90. The second-order valence-corrected chi connectivity index (χ2v) is 5.90. The Bertz CT molecular complexity index is 741. The van der Waals surface area contributed by atoms with Gasteiger partial charge in [-0.2, -0.15) is 0 Å². The van der Waals surface area contributed by atoms with E-state index in [9.17, 15) is 0 Å². The van der Waals surface area contributed by atoms with Crippen molar-refractivity contribution in [2.45, 2.75) is 6.54 Å². The fourth-order valence-corrected chi connectivity index (χ4v) is 2.87. The summed E-state index contributed by atoms with van der Waals surface area (Å²) in [6.07, 6.45) is 5.48. The monoisotopic (exact) mass is 361 g/mol. The molecule has 0 aliphatic heterocycles. The van der Waals surface area contributed by atoms with Crippen LogP contribution < -0.4 is 5.32 Å². The smallest absolute Gasteiger partial charge is 0.0991 e. The third-order valence-corrected chi connectivity index (χ3v) is 4.12. The Balaban J connectivity index is 1.75. The van der Waals surface area contributed by atoms with E-state index < -0.39 is 0 Å². The minimum atomic E-state index is 0.727. The minimum absolute atomic E-state index is 0.727. The van der Waals surface area contributed by atoms with Gasteiger partial charge >= 0.3 is 0 Å². The lowest BCUT2D eigenvalue weighted by Crippen LogP contribution is -2.01. The van der Waals surface area contributed by atoms with Gasteiger partial charge in [0.2, 0.25) is 0 Å². The van der Waals surface area contributed by atoms with Crippen molar-refractivity contribution in [2.75, 3.05) is 5.32 Å². The van der Waals surface area contributed by atoms with Crippen LogP contribution in [0.3, 0.4) is 0 Å². The average molecular weight is 363 g/mol. The van der Waals surface area contributed by atoms with Crippen LogP contribution in [-0.2, 0) is 6.54 Å². The second kappa shape index (κ2) is 6.33.